The topological polar surface area (TPSA) is 48.1 Å². The maximum Gasteiger partial charge on any atom is 0.141 e. The first-order valence-electron chi connectivity index (χ1n) is 6.31. The quantitative estimate of drug-likeness (QED) is 0.908. The summed E-state index contributed by atoms with van der Waals surface area (Å²) < 4.78 is 19.7. The Kier molecular flexibility index (Phi) is 5.09. The first-order chi connectivity index (χ1) is 9.56. The molecule has 0 amide bonds. The molecule has 3 nitrogen and oxygen atoms in total. The number of ether oxygens (including phenoxy) is 1. The number of halogens is 2. The molecule has 1 aromatic carbocycles. The van der Waals surface area contributed by atoms with Gasteiger partial charge in [0.05, 0.1) is 10.7 Å². The molecule has 5 heteroatoms. The van der Waals surface area contributed by atoms with Gasteiger partial charge in [0.25, 0.3) is 0 Å². The molecule has 0 aliphatic rings. The molecule has 2 aromatic rings. The van der Waals surface area contributed by atoms with E-state index in [1.807, 2.05) is 25.1 Å². The third kappa shape index (κ3) is 4.02. The maximum absolute atomic E-state index is 13.1. The van der Waals surface area contributed by atoms with E-state index < -0.39 is 0 Å². The minimum absolute atomic E-state index is 0.0440. The Labute approximate surface area is 126 Å². The van der Waals surface area contributed by atoms with Crippen molar-refractivity contribution in [3.63, 3.8) is 0 Å². The number of benzene rings is 1. The van der Waals surface area contributed by atoms with E-state index in [4.69, 9.17) is 10.5 Å². The highest BCUT2D eigenvalue weighted by Gasteiger charge is 2.10. The van der Waals surface area contributed by atoms with Crippen LogP contribution in [0.1, 0.15) is 18.1 Å². The number of nitrogens with two attached hydrogens (primary N) is 1. The highest BCUT2D eigenvalue weighted by Crippen LogP contribution is 2.30. The molecule has 20 heavy (non-hydrogen) atoms. The summed E-state index contributed by atoms with van der Waals surface area (Å²) in [5.74, 6) is 0.378. The normalized spacial score (nSPS) is 12.2. The number of rotatable bonds is 5. The van der Waals surface area contributed by atoms with Crippen LogP contribution in [0, 0.1) is 5.82 Å². The molecule has 1 aromatic heterocycles. The summed E-state index contributed by atoms with van der Waals surface area (Å²) in [6, 6.07) is 7.28. The first kappa shape index (κ1) is 14.9. The van der Waals surface area contributed by atoms with E-state index in [1.54, 1.807) is 6.20 Å². The summed E-state index contributed by atoms with van der Waals surface area (Å²) in [5, 5.41) is 0. The molecule has 0 aliphatic carbocycles. The zero-order valence-electron chi connectivity index (χ0n) is 11.1. The van der Waals surface area contributed by atoms with E-state index in [2.05, 4.69) is 20.9 Å². The molecule has 106 valence electrons. The summed E-state index contributed by atoms with van der Waals surface area (Å²) in [6.45, 7) is 2.21. The van der Waals surface area contributed by atoms with Crippen molar-refractivity contribution in [2.24, 2.45) is 5.73 Å². The summed E-state index contributed by atoms with van der Waals surface area (Å²) in [4.78, 5) is 3.80. The van der Waals surface area contributed by atoms with Gasteiger partial charge in [0.2, 0.25) is 0 Å². The van der Waals surface area contributed by atoms with E-state index >= 15 is 0 Å². The molecule has 0 saturated heterocycles. The van der Waals surface area contributed by atoms with Crippen LogP contribution in [0.4, 0.5) is 4.39 Å². The van der Waals surface area contributed by atoms with Crippen molar-refractivity contribution in [1.29, 1.82) is 0 Å². The standard InChI is InChI=1S/C15H16BrFN2O/c1-10(18)5-12-3-2-4-14(16)15(12)20-9-11-6-13(17)8-19-7-11/h2-4,6-8,10H,5,9,18H2,1H3. The third-order valence-corrected chi connectivity index (χ3v) is 3.36. The number of nitrogens with zero attached hydrogens (tertiary/aromatic N) is 1. The van der Waals surface area contributed by atoms with Crippen LogP contribution >= 0.6 is 15.9 Å². The summed E-state index contributed by atoms with van der Waals surface area (Å²) >= 11 is 3.47. The summed E-state index contributed by atoms with van der Waals surface area (Å²) in [7, 11) is 0. The summed E-state index contributed by atoms with van der Waals surface area (Å²) in [6.07, 6.45) is 3.48. The summed E-state index contributed by atoms with van der Waals surface area (Å²) in [5.41, 5.74) is 7.55. The van der Waals surface area contributed by atoms with Gasteiger partial charge in [-0.2, -0.15) is 0 Å². The van der Waals surface area contributed by atoms with Crippen LogP contribution in [0.3, 0.4) is 0 Å². The van der Waals surface area contributed by atoms with Crippen LogP contribution in [0.15, 0.2) is 41.1 Å². The van der Waals surface area contributed by atoms with Crippen LogP contribution in [0.25, 0.3) is 0 Å². The minimum atomic E-state index is -0.367. The Morgan fingerprint density at radius 1 is 1.40 bits per heavy atom. The Hall–Kier alpha value is -1.46. The fourth-order valence-corrected chi connectivity index (χ4v) is 2.43. The number of pyridine rings is 1. The lowest BCUT2D eigenvalue weighted by atomic mass is 10.1. The predicted molar refractivity (Wildman–Crippen MR) is 80.0 cm³/mol. The lowest BCUT2D eigenvalue weighted by Crippen LogP contribution is -2.18. The molecule has 0 saturated carbocycles. The van der Waals surface area contributed by atoms with Crippen molar-refractivity contribution in [2.75, 3.05) is 0 Å². The molecule has 0 fully saturated rings. The largest absolute Gasteiger partial charge is 0.487 e. The van der Waals surface area contributed by atoms with Crippen LogP contribution in [0.5, 0.6) is 5.75 Å². The van der Waals surface area contributed by atoms with Crippen molar-refractivity contribution in [2.45, 2.75) is 26.0 Å². The first-order valence-corrected chi connectivity index (χ1v) is 7.10. The lowest BCUT2D eigenvalue weighted by Gasteiger charge is -2.14. The van der Waals surface area contributed by atoms with Crippen molar-refractivity contribution in [3.8, 4) is 5.75 Å². The highest BCUT2D eigenvalue weighted by atomic mass is 79.9. The molecule has 2 N–H and O–H groups in total. The van der Waals surface area contributed by atoms with Crippen molar-refractivity contribution in [3.05, 3.63) is 58.1 Å². The van der Waals surface area contributed by atoms with E-state index in [0.717, 1.165) is 22.2 Å². The maximum atomic E-state index is 13.1. The number of para-hydroxylation sites is 1. The van der Waals surface area contributed by atoms with Gasteiger partial charge in [0, 0.05) is 17.8 Å². The fraction of sp³-hybridized carbons (Fsp3) is 0.267. The van der Waals surface area contributed by atoms with Gasteiger partial charge >= 0.3 is 0 Å². The second-order valence-electron chi connectivity index (χ2n) is 4.71. The molecule has 1 atom stereocenters. The molecule has 0 aliphatic heterocycles. The Morgan fingerprint density at radius 3 is 2.90 bits per heavy atom. The van der Waals surface area contributed by atoms with Crippen LogP contribution < -0.4 is 10.5 Å². The molecular formula is C15H16BrFN2O. The predicted octanol–water partition coefficient (Wildman–Crippen LogP) is 3.45. The van der Waals surface area contributed by atoms with Gasteiger partial charge in [0.15, 0.2) is 0 Å². The van der Waals surface area contributed by atoms with Crippen molar-refractivity contribution < 1.29 is 9.13 Å². The molecule has 0 bridgehead atoms. The van der Waals surface area contributed by atoms with Gasteiger partial charge in [-0.1, -0.05) is 12.1 Å². The van der Waals surface area contributed by atoms with E-state index in [-0.39, 0.29) is 18.5 Å². The van der Waals surface area contributed by atoms with Gasteiger partial charge in [-0.15, -0.1) is 0 Å². The van der Waals surface area contributed by atoms with Gasteiger partial charge in [0.1, 0.15) is 18.2 Å². The Morgan fingerprint density at radius 2 is 2.20 bits per heavy atom. The van der Waals surface area contributed by atoms with E-state index in [9.17, 15) is 4.39 Å². The van der Waals surface area contributed by atoms with Crippen LogP contribution in [-0.4, -0.2) is 11.0 Å². The van der Waals surface area contributed by atoms with Crippen molar-refractivity contribution >= 4 is 15.9 Å². The molecule has 2 rings (SSSR count). The number of aromatic nitrogens is 1. The molecular weight excluding hydrogens is 323 g/mol. The zero-order chi connectivity index (χ0) is 14.5. The van der Waals surface area contributed by atoms with Crippen molar-refractivity contribution in [1.82, 2.24) is 4.98 Å². The number of hydrogen-bond donors (Lipinski definition) is 1. The van der Waals surface area contributed by atoms with Crippen LogP contribution in [0.2, 0.25) is 0 Å². The Balaban J connectivity index is 2.16. The zero-order valence-corrected chi connectivity index (χ0v) is 12.7. The molecule has 1 heterocycles. The smallest absolute Gasteiger partial charge is 0.141 e. The average molecular weight is 339 g/mol. The second-order valence-corrected chi connectivity index (χ2v) is 5.56. The van der Waals surface area contributed by atoms with E-state index in [1.165, 1.54) is 12.3 Å². The molecule has 0 spiro atoms. The molecule has 1 unspecified atom stereocenters. The van der Waals surface area contributed by atoms with Crippen LogP contribution in [-0.2, 0) is 13.0 Å². The monoisotopic (exact) mass is 338 g/mol. The third-order valence-electron chi connectivity index (χ3n) is 2.74. The molecule has 0 radical (unpaired) electrons. The van der Waals surface area contributed by atoms with E-state index in [0.29, 0.717) is 5.56 Å². The van der Waals surface area contributed by atoms with Gasteiger partial charge in [-0.3, -0.25) is 4.98 Å². The lowest BCUT2D eigenvalue weighted by molar-refractivity contribution is 0.299. The van der Waals surface area contributed by atoms with Gasteiger partial charge in [-0.25, -0.2) is 4.39 Å². The number of hydrogen-bond acceptors (Lipinski definition) is 3. The Bertz CT molecular complexity index is 590. The fourth-order valence-electron chi connectivity index (χ4n) is 1.91. The minimum Gasteiger partial charge on any atom is -0.487 e. The van der Waals surface area contributed by atoms with Gasteiger partial charge < -0.3 is 10.5 Å². The highest BCUT2D eigenvalue weighted by molar-refractivity contribution is 9.10. The SMILES string of the molecule is CC(N)Cc1cccc(Br)c1OCc1cncc(F)c1. The van der Waals surface area contributed by atoms with Gasteiger partial charge in [-0.05, 0) is 47.0 Å². The average Bonchev–Trinajstić information content (AvgIpc) is 2.37. The second kappa shape index (κ2) is 6.81.